The summed E-state index contributed by atoms with van der Waals surface area (Å²) in [5, 5.41) is 3.04. The van der Waals surface area contributed by atoms with E-state index >= 15 is 0 Å². The van der Waals surface area contributed by atoms with E-state index in [1.54, 1.807) is 43.8 Å². The number of nitrogens with zero attached hydrogens (tertiary/aromatic N) is 2. The molecule has 1 heterocycles. The molecule has 6 nitrogen and oxygen atoms in total. The molecule has 0 fully saturated rings. The summed E-state index contributed by atoms with van der Waals surface area (Å²) in [4.78, 5) is 28.9. The van der Waals surface area contributed by atoms with Gasteiger partial charge in [-0.2, -0.15) is 0 Å². The normalized spacial score (nSPS) is 10.4. The Hall–Kier alpha value is -2.58. The SMILES string of the molecule is COc1cccc(NC(=O)CSc2nccn(-c3ccc(Br)cc3)c2=O)c1. The van der Waals surface area contributed by atoms with E-state index in [-0.39, 0.29) is 22.2 Å². The first-order valence-corrected chi connectivity index (χ1v) is 9.75. The molecular formula is C19H16BrN3O3S. The third-order valence-electron chi connectivity index (χ3n) is 3.61. The predicted octanol–water partition coefficient (Wildman–Crippen LogP) is 3.73. The van der Waals surface area contributed by atoms with E-state index in [2.05, 4.69) is 26.2 Å². The lowest BCUT2D eigenvalue weighted by Crippen LogP contribution is -2.22. The first-order chi connectivity index (χ1) is 13.1. The molecule has 0 unspecified atom stereocenters. The molecule has 1 N–H and O–H groups in total. The number of rotatable bonds is 6. The predicted molar refractivity (Wildman–Crippen MR) is 110 cm³/mol. The van der Waals surface area contributed by atoms with E-state index in [1.165, 1.54) is 4.57 Å². The van der Waals surface area contributed by atoms with Gasteiger partial charge in [0.2, 0.25) is 5.91 Å². The molecule has 0 saturated carbocycles. The number of ether oxygens (including phenoxy) is 1. The van der Waals surface area contributed by atoms with Crippen LogP contribution in [0.4, 0.5) is 5.69 Å². The quantitative estimate of drug-likeness (QED) is 0.585. The zero-order valence-electron chi connectivity index (χ0n) is 14.4. The molecule has 3 aromatic rings. The Morgan fingerprint density at radius 3 is 2.78 bits per heavy atom. The third-order valence-corrected chi connectivity index (χ3v) is 5.10. The van der Waals surface area contributed by atoms with Crippen LogP contribution in [0.5, 0.6) is 5.75 Å². The number of hydrogen-bond donors (Lipinski definition) is 1. The van der Waals surface area contributed by atoms with Crippen LogP contribution in [0.25, 0.3) is 5.69 Å². The van der Waals surface area contributed by atoms with Crippen molar-refractivity contribution in [1.82, 2.24) is 9.55 Å². The number of hydrogen-bond acceptors (Lipinski definition) is 5. The Balaban J connectivity index is 1.69. The van der Waals surface area contributed by atoms with E-state index in [1.807, 2.05) is 24.3 Å². The molecule has 0 spiro atoms. The van der Waals surface area contributed by atoms with Gasteiger partial charge < -0.3 is 10.1 Å². The van der Waals surface area contributed by atoms with Crippen molar-refractivity contribution < 1.29 is 9.53 Å². The molecule has 3 rings (SSSR count). The van der Waals surface area contributed by atoms with Crippen LogP contribution >= 0.6 is 27.7 Å². The number of thioether (sulfide) groups is 1. The van der Waals surface area contributed by atoms with Crippen molar-refractivity contribution in [3.63, 3.8) is 0 Å². The number of amides is 1. The third kappa shape index (κ3) is 4.99. The van der Waals surface area contributed by atoms with Crippen molar-refractivity contribution in [3.8, 4) is 11.4 Å². The van der Waals surface area contributed by atoms with Gasteiger partial charge in [-0.25, -0.2) is 4.98 Å². The van der Waals surface area contributed by atoms with Gasteiger partial charge in [-0.1, -0.05) is 33.8 Å². The van der Waals surface area contributed by atoms with Gasteiger partial charge in [0.15, 0.2) is 5.03 Å². The fourth-order valence-electron chi connectivity index (χ4n) is 2.33. The van der Waals surface area contributed by atoms with Gasteiger partial charge >= 0.3 is 0 Å². The Morgan fingerprint density at radius 2 is 2.04 bits per heavy atom. The summed E-state index contributed by atoms with van der Waals surface area (Å²) in [7, 11) is 1.56. The highest BCUT2D eigenvalue weighted by molar-refractivity contribution is 9.10. The van der Waals surface area contributed by atoms with Crippen LogP contribution < -0.4 is 15.6 Å². The summed E-state index contributed by atoms with van der Waals surface area (Å²) >= 11 is 4.47. The lowest BCUT2D eigenvalue weighted by Gasteiger charge is -2.08. The number of halogens is 1. The minimum Gasteiger partial charge on any atom is -0.497 e. The van der Waals surface area contributed by atoms with Crippen LogP contribution in [0.15, 0.2) is 75.2 Å². The smallest absolute Gasteiger partial charge is 0.287 e. The molecular weight excluding hydrogens is 430 g/mol. The van der Waals surface area contributed by atoms with Crippen molar-refractivity contribution in [2.24, 2.45) is 0 Å². The van der Waals surface area contributed by atoms with Gasteiger partial charge in [-0.3, -0.25) is 14.2 Å². The second-order valence-corrected chi connectivity index (χ2v) is 7.33. The van der Waals surface area contributed by atoms with Gasteiger partial charge in [-0.15, -0.1) is 0 Å². The van der Waals surface area contributed by atoms with Crippen LogP contribution in [0.1, 0.15) is 0 Å². The molecule has 8 heteroatoms. The highest BCUT2D eigenvalue weighted by Gasteiger charge is 2.10. The van der Waals surface area contributed by atoms with Crippen molar-refractivity contribution in [2.75, 3.05) is 18.2 Å². The molecule has 2 aromatic carbocycles. The number of carbonyl (C=O) groups excluding carboxylic acids is 1. The number of carbonyl (C=O) groups is 1. The maximum atomic E-state index is 12.6. The number of nitrogens with one attached hydrogen (secondary N) is 1. The summed E-state index contributed by atoms with van der Waals surface area (Å²) in [5.41, 5.74) is 1.10. The highest BCUT2D eigenvalue weighted by atomic mass is 79.9. The topological polar surface area (TPSA) is 73.2 Å². The van der Waals surface area contributed by atoms with Gasteiger partial charge in [0.05, 0.1) is 12.9 Å². The fourth-order valence-corrected chi connectivity index (χ4v) is 3.29. The second-order valence-electron chi connectivity index (χ2n) is 5.45. The highest BCUT2D eigenvalue weighted by Crippen LogP contribution is 2.18. The summed E-state index contributed by atoms with van der Waals surface area (Å²) in [5.74, 6) is 0.500. The first kappa shape index (κ1) is 19.2. The van der Waals surface area contributed by atoms with E-state index in [0.717, 1.165) is 21.9 Å². The molecule has 1 aromatic heterocycles. The van der Waals surface area contributed by atoms with Crippen molar-refractivity contribution >= 4 is 39.3 Å². The fraction of sp³-hybridized carbons (Fsp3) is 0.105. The maximum Gasteiger partial charge on any atom is 0.287 e. The summed E-state index contributed by atoms with van der Waals surface area (Å²) < 4.78 is 7.56. The zero-order valence-corrected chi connectivity index (χ0v) is 16.8. The Morgan fingerprint density at radius 1 is 1.26 bits per heavy atom. The van der Waals surface area contributed by atoms with Gasteiger partial charge in [0.1, 0.15) is 5.75 Å². The summed E-state index contributed by atoms with van der Waals surface area (Å²) in [6.45, 7) is 0. The maximum absolute atomic E-state index is 12.6. The van der Waals surface area contributed by atoms with E-state index in [0.29, 0.717) is 11.4 Å². The van der Waals surface area contributed by atoms with Crippen LogP contribution in [-0.4, -0.2) is 28.3 Å². The Labute approximate surface area is 168 Å². The van der Waals surface area contributed by atoms with Crippen molar-refractivity contribution in [2.45, 2.75) is 5.03 Å². The Bertz CT molecular complexity index is 1010. The molecule has 0 atom stereocenters. The van der Waals surface area contributed by atoms with Gasteiger partial charge in [-0.05, 0) is 36.4 Å². The Kier molecular flexibility index (Phi) is 6.31. The van der Waals surface area contributed by atoms with Crippen LogP contribution in [0.2, 0.25) is 0 Å². The van der Waals surface area contributed by atoms with Crippen LogP contribution in [0, 0.1) is 0 Å². The van der Waals surface area contributed by atoms with E-state index in [9.17, 15) is 9.59 Å². The molecule has 0 aliphatic heterocycles. The lowest BCUT2D eigenvalue weighted by atomic mass is 10.3. The first-order valence-electron chi connectivity index (χ1n) is 7.97. The van der Waals surface area contributed by atoms with Crippen LogP contribution in [0.3, 0.4) is 0 Å². The molecule has 1 amide bonds. The largest absolute Gasteiger partial charge is 0.497 e. The number of aromatic nitrogens is 2. The molecule has 138 valence electrons. The molecule has 0 bridgehead atoms. The number of methoxy groups -OCH3 is 1. The molecule has 0 saturated heterocycles. The second kappa shape index (κ2) is 8.88. The van der Waals surface area contributed by atoms with Crippen LogP contribution in [-0.2, 0) is 4.79 Å². The van der Waals surface area contributed by atoms with Gasteiger partial charge in [0.25, 0.3) is 5.56 Å². The average Bonchev–Trinajstić information content (AvgIpc) is 2.68. The lowest BCUT2D eigenvalue weighted by molar-refractivity contribution is -0.113. The molecule has 0 radical (unpaired) electrons. The van der Waals surface area contributed by atoms with Crippen molar-refractivity contribution in [1.29, 1.82) is 0 Å². The summed E-state index contributed by atoms with van der Waals surface area (Å²) in [6, 6.07) is 14.5. The van der Waals surface area contributed by atoms with E-state index < -0.39 is 0 Å². The molecule has 0 aliphatic rings. The standard InChI is InChI=1S/C19H16BrN3O3S/c1-26-16-4-2-3-14(11-16)22-17(24)12-27-18-19(25)23(10-9-21-18)15-7-5-13(20)6-8-15/h2-11H,12H2,1H3,(H,22,24). The number of benzene rings is 2. The van der Waals surface area contributed by atoms with Gasteiger partial charge in [0, 0.05) is 34.3 Å². The summed E-state index contributed by atoms with van der Waals surface area (Å²) in [6.07, 6.45) is 3.15. The molecule has 27 heavy (non-hydrogen) atoms. The monoisotopic (exact) mass is 445 g/mol. The van der Waals surface area contributed by atoms with E-state index in [4.69, 9.17) is 4.74 Å². The minimum absolute atomic E-state index is 0.0732. The minimum atomic E-state index is -0.265. The average molecular weight is 446 g/mol. The van der Waals surface area contributed by atoms with Crippen molar-refractivity contribution in [3.05, 3.63) is 75.8 Å². The number of anilines is 1. The zero-order chi connectivity index (χ0) is 19.2. The molecule has 0 aliphatic carbocycles.